The van der Waals surface area contributed by atoms with Crippen LogP contribution in [0.4, 0.5) is 0 Å². The molecule has 1 unspecified atom stereocenters. The van der Waals surface area contributed by atoms with Crippen LogP contribution in [0.15, 0.2) is 17.5 Å². The van der Waals surface area contributed by atoms with Gasteiger partial charge in [-0.15, -0.1) is 0 Å². The topological polar surface area (TPSA) is 47.6 Å². The normalized spacial score (nSPS) is 30.9. The maximum absolute atomic E-state index is 5.83. The number of hydrogen-bond donors (Lipinski definition) is 1. The Kier molecular flexibility index (Phi) is 4.08. The third kappa shape index (κ3) is 2.68. The molecule has 4 heteroatoms. The third-order valence-corrected chi connectivity index (χ3v) is 3.77. The molecule has 0 aliphatic heterocycles. The minimum Gasteiger partial charge on any atom is -0.471 e. The summed E-state index contributed by atoms with van der Waals surface area (Å²) in [6.45, 7) is 8.14. The molecule has 0 radical (unpaired) electrons. The summed E-state index contributed by atoms with van der Waals surface area (Å²) in [6, 6.07) is 0. The van der Waals surface area contributed by atoms with Crippen molar-refractivity contribution in [2.24, 2.45) is 16.6 Å². The van der Waals surface area contributed by atoms with Crippen molar-refractivity contribution in [3.63, 3.8) is 0 Å². The Hall–Kier alpha value is -0.640. The van der Waals surface area contributed by atoms with E-state index in [1.807, 2.05) is 6.26 Å². The molecule has 3 nitrogen and oxygen atoms in total. The van der Waals surface area contributed by atoms with Crippen LogP contribution in [-0.2, 0) is 4.74 Å². The molecule has 0 aromatic carbocycles. The van der Waals surface area contributed by atoms with Crippen molar-refractivity contribution in [2.45, 2.75) is 38.7 Å². The Morgan fingerprint density at radius 1 is 1.73 bits per heavy atom. The SMILES string of the molecule is C=C(/N=C(\N)SC)OC1(CC)CC[C@@H]1C. The minimum atomic E-state index is -0.0424. The zero-order valence-electron chi connectivity index (χ0n) is 9.75. The number of nitrogens with zero attached hydrogens (tertiary/aromatic N) is 1. The highest BCUT2D eigenvalue weighted by molar-refractivity contribution is 8.13. The maximum Gasteiger partial charge on any atom is 0.208 e. The van der Waals surface area contributed by atoms with E-state index < -0.39 is 0 Å². The molecule has 1 rings (SSSR count). The second-order valence-electron chi connectivity index (χ2n) is 4.01. The first-order valence-electron chi connectivity index (χ1n) is 5.30. The van der Waals surface area contributed by atoms with Crippen molar-refractivity contribution >= 4 is 16.9 Å². The minimum absolute atomic E-state index is 0.0424. The quantitative estimate of drug-likeness (QED) is 0.457. The van der Waals surface area contributed by atoms with Gasteiger partial charge in [0.05, 0.1) is 0 Å². The van der Waals surface area contributed by atoms with Gasteiger partial charge in [-0.25, -0.2) is 0 Å². The molecular formula is C11H20N2OS. The van der Waals surface area contributed by atoms with E-state index in [4.69, 9.17) is 10.5 Å². The van der Waals surface area contributed by atoms with E-state index in [0.717, 1.165) is 12.8 Å². The molecule has 2 N–H and O–H groups in total. The number of hydrogen-bond acceptors (Lipinski definition) is 3. The fraction of sp³-hybridized carbons (Fsp3) is 0.727. The Bertz CT molecular complexity index is 274. The molecule has 0 bridgehead atoms. The molecule has 1 fully saturated rings. The van der Waals surface area contributed by atoms with Crippen molar-refractivity contribution < 1.29 is 4.74 Å². The van der Waals surface area contributed by atoms with Crippen molar-refractivity contribution in [3.05, 3.63) is 12.5 Å². The Balaban J connectivity index is 2.57. The molecule has 2 atom stereocenters. The Morgan fingerprint density at radius 3 is 2.73 bits per heavy atom. The van der Waals surface area contributed by atoms with Crippen LogP contribution in [0.3, 0.4) is 0 Å². The van der Waals surface area contributed by atoms with E-state index in [0.29, 0.717) is 17.0 Å². The van der Waals surface area contributed by atoms with Crippen LogP contribution < -0.4 is 5.73 Å². The monoisotopic (exact) mass is 228 g/mol. The van der Waals surface area contributed by atoms with E-state index in [9.17, 15) is 0 Å². The third-order valence-electron chi connectivity index (χ3n) is 3.26. The molecule has 0 aromatic heterocycles. The van der Waals surface area contributed by atoms with Gasteiger partial charge in [-0.2, -0.15) is 4.99 Å². The van der Waals surface area contributed by atoms with Gasteiger partial charge in [0.15, 0.2) is 5.17 Å². The summed E-state index contributed by atoms with van der Waals surface area (Å²) in [4.78, 5) is 4.09. The average molecular weight is 228 g/mol. The van der Waals surface area contributed by atoms with Crippen LogP contribution in [-0.4, -0.2) is 17.0 Å². The van der Waals surface area contributed by atoms with E-state index in [2.05, 4.69) is 25.4 Å². The molecule has 1 aliphatic carbocycles. The molecule has 0 amide bonds. The van der Waals surface area contributed by atoms with Gasteiger partial charge in [0, 0.05) is 0 Å². The number of thioether (sulfide) groups is 1. The van der Waals surface area contributed by atoms with Crippen molar-refractivity contribution in [1.29, 1.82) is 0 Å². The number of aliphatic imine (C=N–C) groups is 1. The van der Waals surface area contributed by atoms with Gasteiger partial charge in [-0.1, -0.05) is 25.6 Å². The van der Waals surface area contributed by atoms with E-state index in [1.165, 1.54) is 18.2 Å². The zero-order valence-corrected chi connectivity index (χ0v) is 10.6. The summed E-state index contributed by atoms with van der Waals surface area (Å²) < 4.78 is 5.83. The lowest BCUT2D eigenvalue weighted by Crippen LogP contribution is -2.47. The number of rotatable bonds is 4. The van der Waals surface area contributed by atoms with Gasteiger partial charge >= 0.3 is 0 Å². The lowest BCUT2D eigenvalue weighted by Gasteiger charge is -2.47. The number of nitrogens with two attached hydrogens (primary N) is 1. The van der Waals surface area contributed by atoms with Crippen molar-refractivity contribution in [3.8, 4) is 0 Å². The van der Waals surface area contributed by atoms with E-state index >= 15 is 0 Å². The lowest BCUT2D eigenvalue weighted by atomic mass is 9.69. The zero-order chi connectivity index (χ0) is 11.5. The molecule has 1 saturated carbocycles. The predicted molar refractivity (Wildman–Crippen MR) is 66.8 cm³/mol. The summed E-state index contributed by atoms with van der Waals surface area (Å²) in [6.07, 6.45) is 5.21. The molecule has 0 spiro atoms. The molecule has 0 heterocycles. The molecule has 1 aliphatic rings. The molecule has 0 saturated heterocycles. The number of amidine groups is 1. The van der Waals surface area contributed by atoms with Gasteiger partial charge in [0.25, 0.3) is 0 Å². The second kappa shape index (κ2) is 4.92. The number of ether oxygens (including phenoxy) is 1. The average Bonchev–Trinajstić information content (AvgIpc) is 2.23. The smallest absolute Gasteiger partial charge is 0.208 e. The first kappa shape index (κ1) is 12.4. The Morgan fingerprint density at radius 2 is 2.40 bits per heavy atom. The highest BCUT2D eigenvalue weighted by atomic mass is 32.2. The van der Waals surface area contributed by atoms with Crippen LogP contribution in [0.2, 0.25) is 0 Å². The summed E-state index contributed by atoms with van der Waals surface area (Å²) in [5, 5.41) is 0.498. The Labute approximate surface area is 96.2 Å². The first-order valence-corrected chi connectivity index (χ1v) is 6.52. The standard InChI is InChI=1S/C11H20N2OS/c1-5-11(7-6-8(11)2)14-9(3)13-10(12)15-4/h8H,3,5-7H2,1-2,4H3,(H2,12,13)/t8-,11?/m0/s1. The van der Waals surface area contributed by atoms with Crippen LogP contribution >= 0.6 is 11.8 Å². The van der Waals surface area contributed by atoms with Gasteiger partial charge in [0.1, 0.15) is 5.60 Å². The largest absolute Gasteiger partial charge is 0.471 e. The molecule has 86 valence electrons. The maximum atomic E-state index is 5.83. The summed E-state index contributed by atoms with van der Waals surface area (Å²) >= 11 is 1.40. The van der Waals surface area contributed by atoms with Crippen molar-refractivity contribution in [2.75, 3.05) is 6.26 Å². The fourth-order valence-electron chi connectivity index (χ4n) is 1.93. The highest BCUT2D eigenvalue weighted by Crippen LogP contribution is 2.45. The van der Waals surface area contributed by atoms with Crippen LogP contribution in [0.5, 0.6) is 0 Å². The van der Waals surface area contributed by atoms with Crippen LogP contribution in [0.1, 0.15) is 33.1 Å². The predicted octanol–water partition coefficient (Wildman–Crippen LogP) is 2.73. The lowest BCUT2D eigenvalue weighted by molar-refractivity contribution is -0.111. The van der Waals surface area contributed by atoms with Gasteiger partial charge in [-0.3, -0.25) is 0 Å². The molecular weight excluding hydrogens is 208 g/mol. The van der Waals surface area contributed by atoms with Gasteiger partial charge in [-0.05, 0) is 38.0 Å². The second-order valence-corrected chi connectivity index (χ2v) is 4.83. The van der Waals surface area contributed by atoms with Gasteiger partial charge in [0.2, 0.25) is 5.88 Å². The van der Waals surface area contributed by atoms with E-state index in [-0.39, 0.29) is 5.60 Å². The van der Waals surface area contributed by atoms with Crippen LogP contribution in [0, 0.1) is 5.92 Å². The molecule has 0 aromatic rings. The van der Waals surface area contributed by atoms with Crippen LogP contribution in [0.25, 0.3) is 0 Å². The van der Waals surface area contributed by atoms with E-state index in [1.54, 1.807) is 0 Å². The van der Waals surface area contributed by atoms with Crippen molar-refractivity contribution in [1.82, 2.24) is 0 Å². The summed E-state index contributed by atoms with van der Waals surface area (Å²) in [5.41, 5.74) is 5.56. The first-order chi connectivity index (χ1) is 7.04. The molecule has 15 heavy (non-hydrogen) atoms. The van der Waals surface area contributed by atoms with Gasteiger partial charge < -0.3 is 10.5 Å². The fourth-order valence-corrected chi connectivity index (χ4v) is 2.12. The highest BCUT2D eigenvalue weighted by Gasteiger charge is 2.45. The summed E-state index contributed by atoms with van der Waals surface area (Å²) in [5.74, 6) is 1.03. The summed E-state index contributed by atoms with van der Waals surface area (Å²) in [7, 11) is 0.